The first-order valence-corrected chi connectivity index (χ1v) is 5.94. The minimum Gasteiger partial charge on any atom is -0.397 e. The van der Waals surface area contributed by atoms with Crippen molar-refractivity contribution in [2.75, 3.05) is 17.2 Å². The van der Waals surface area contributed by atoms with Gasteiger partial charge in [-0.05, 0) is 31.9 Å². The molecule has 82 valence electrons. The first-order chi connectivity index (χ1) is 7.33. The van der Waals surface area contributed by atoms with E-state index in [1.807, 2.05) is 12.1 Å². The normalized spacial score (nSPS) is 16.9. The summed E-state index contributed by atoms with van der Waals surface area (Å²) in [4.78, 5) is 2.46. The third-order valence-corrected chi connectivity index (χ3v) is 3.35. The quantitative estimate of drug-likeness (QED) is 0.767. The topological polar surface area (TPSA) is 29.3 Å². The van der Waals surface area contributed by atoms with Gasteiger partial charge in [0, 0.05) is 12.6 Å². The van der Waals surface area contributed by atoms with Gasteiger partial charge in [-0.1, -0.05) is 25.0 Å². The Balaban J connectivity index is 2.22. The number of nitrogen functional groups attached to an aromatic ring is 1. The van der Waals surface area contributed by atoms with Crippen LogP contribution in [0.2, 0.25) is 0 Å². The minimum atomic E-state index is 0.708. The van der Waals surface area contributed by atoms with Crippen molar-refractivity contribution in [3.63, 3.8) is 0 Å². The zero-order valence-electron chi connectivity index (χ0n) is 9.45. The Morgan fingerprint density at radius 3 is 2.53 bits per heavy atom. The van der Waals surface area contributed by atoms with E-state index in [0.717, 1.165) is 12.2 Å². The number of nitrogens with two attached hydrogens (primary N) is 1. The SMILES string of the molecule is CCN(c1ccccc1N)C1CCCC1. The van der Waals surface area contributed by atoms with E-state index in [-0.39, 0.29) is 0 Å². The zero-order valence-corrected chi connectivity index (χ0v) is 9.45. The summed E-state index contributed by atoms with van der Waals surface area (Å²) in [5, 5.41) is 0. The molecule has 2 rings (SSSR count). The van der Waals surface area contributed by atoms with Gasteiger partial charge in [-0.15, -0.1) is 0 Å². The maximum absolute atomic E-state index is 6.02. The second-order valence-electron chi connectivity index (χ2n) is 4.28. The zero-order chi connectivity index (χ0) is 10.7. The van der Waals surface area contributed by atoms with Gasteiger partial charge in [0.2, 0.25) is 0 Å². The van der Waals surface area contributed by atoms with Crippen LogP contribution in [0.25, 0.3) is 0 Å². The molecule has 2 nitrogen and oxygen atoms in total. The smallest absolute Gasteiger partial charge is 0.0602 e. The lowest BCUT2D eigenvalue weighted by atomic mass is 10.1. The van der Waals surface area contributed by atoms with Crippen LogP contribution in [0.1, 0.15) is 32.6 Å². The molecule has 0 aliphatic heterocycles. The van der Waals surface area contributed by atoms with Crippen molar-refractivity contribution in [1.29, 1.82) is 0 Å². The summed E-state index contributed by atoms with van der Waals surface area (Å²) in [6, 6.07) is 8.91. The average molecular weight is 204 g/mol. The second kappa shape index (κ2) is 4.56. The molecule has 0 atom stereocenters. The summed E-state index contributed by atoms with van der Waals surface area (Å²) >= 11 is 0. The molecular formula is C13H20N2. The highest BCUT2D eigenvalue weighted by Crippen LogP contribution is 2.31. The molecule has 0 radical (unpaired) electrons. The van der Waals surface area contributed by atoms with E-state index in [0.29, 0.717) is 6.04 Å². The largest absolute Gasteiger partial charge is 0.397 e. The van der Waals surface area contributed by atoms with Crippen molar-refractivity contribution in [2.45, 2.75) is 38.6 Å². The molecule has 0 heterocycles. The maximum Gasteiger partial charge on any atom is 0.0602 e. The third kappa shape index (κ3) is 2.09. The molecular weight excluding hydrogens is 184 g/mol. The number of benzene rings is 1. The standard InChI is InChI=1S/C13H20N2/c1-2-15(11-7-3-4-8-11)13-10-6-5-9-12(13)14/h5-6,9-11H,2-4,7-8,14H2,1H3. The van der Waals surface area contributed by atoms with Crippen LogP contribution in [-0.4, -0.2) is 12.6 Å². The Hall–Kier alpha value is -1.18. The van der Waals surface area contributed by atoms with Gasteiger partial charge >= 0.3 is 0 Å². The molecule has 1 aliphatic rings. The molecule has 0 amide bonds. The highest BCUT2D eigenvalue weighted by molar-refractivity contribution is 5.67. The number of rotatable bonds is 3. The van der Waals surface area contributed by atoms with E-state index in [1.54, 1.807) is 0 Å². The molecule has 2 heteroatoms. The first kappa shape index (κ1) is 10.3. The Morgan fingerprint density at radius 2 is 1.93 bits per heavy atom. The van der Waals surface area contributed by atoms with Gasteiger partial charge in [0.25, 0.3) is 0 Å². The number of hydrogen-bond donors (Lipinski definition) is 1. The molecule has 1 aliphatic carbocycles. The maximum atomic E-state index is 6.02. The summed E-state index contributed by atoms with van der Waals surface area (Å²) < 4.78 is 0. The summed E-state index contributed by atoms with van der Waals surface area (Å²) in [5.74, 6) is 0. The van der Waals surface area contributed by atoms with Crippen molar-refractivity contribution in [2.24, 2.45) is 0 Å². The van der Waals surface area contributed by atoms with Gasteiger partial charge in [-0.2, -0.15) is 0 Å². The van der Waals surface area contributed by atoms with Crippen molar-refractivity contribution >= 4 is 11.4 Å². The molecule has 1 fully saturated rings. The highest BCUT2D eigenvalue weighted by atomic mass is 15.2. The number of anilines is 2. The van der Waals surface area contributed by atoms with Crippen molar-refractivity contribution < 1.29 is 0 Å². The number of nitrogens with zero attached hydrogens (tertiary/aromatic N) is 1. The van der Waals surface area contributed by atoms with E-state index in [9.17, 15) is 0 Å². The third-order valence-electron chi connectivity index (χ3n) is 3.35. The molecule has 0 aromatic heterocycles. The predicted molar refractivity (Wildman–Crippen MR) is 66.1 cm³/mol. The lowest BCUT2D eigenvalue weighted by Gasteiger charge is -2.30. The first-order valence-electron chi connectivity index (χ1n) is 5.94. The number of para-hydroxylation sites is 2. The van der Waals surface area contributed by atoms with Gasteiger partial charge in [0.1, 0.15) is 0 Å². The Kier molecular flexibility index (Phi) is 3.14. The van der Waals surface area contributed by atoms with Crippen molar-refractivity contribution in [3.05, 3.63) is 24.3 Å². The van der Waals surface area contributed by atoms with Gasteiger partial charge in [0.15, 0.2) is 0 Å². The Labute approximate surface area is 92.1 Å². The molecule has 1 saturated carbocycles. The van der Waals surface area contributed by atoms with Crippen molar-refractivity contribution in [1.82, 2.24) is 0 Å². The molecule has 1 aromatic carbocycles. The summed E-state index contributed by atoms with van der Waals surface area (Å²) in [7, 11) is 0. The Bertz CT molecular complexity index is 316. The van der Waals surface area contributed by atoms with Crippen LogP contribution in [-0.2, 0) is 0 Å². The van der Waals surface area contributed by atoms with Crippen LogP contribution >= 0.6 is 0 Å². The van der Waals surface area contributed by atoms with Gasteiger partial charge in [-0.25, -0.2) is 0 Å². The monoisotopic (exact) mass is 204 g/mol. The lowest BCUT2D eigenvalue weighted by Crippen LogP contribution is -2.33. The average Bonchev–Trinajstić information content (AvgIpc) is 2.75. The minimum absolute atomic E-state index is 0.708. The van der Waals surface area contributed by atoms with E-state index in [4.69, 9.17) is 5.73 Å². The molecule has 1 aromatic rings. The molecule has 0 unspecified atom stereocenters. The predicted octanol–water partition coefficient (Wildman–Crippen LogP) is 3.04. The van der Waals surface area contributed by atoms with Crippen molar-refractivity contribution in [3.8, 4) is 0 Å². The summed E-state index contributed by atoms with van der Waals surface area (Å²) in [5.41, 5.74) is 8.15. The van der Waals surface area contributed by atoms with Crippen LogP contribution in [0, 0.1) is 0 Å². The molecule has 2 N–H and O–H groups in total. The van der Waals surface area contributed by atoms with Gasteiger partial charge in [-0.3, -0.25) is 0 Å². The fraction of sp³-hybridized carbons (Fsp3) is 0.538. The summed E-state index contributed by atoms with van der Waals surface area (Å²) in [6.45, 7) is 3.27. The molecule has 0 saturated heterocycles. The molecule has 0 bridgehead atoms. The lowest BCUT2D eigenvalue weighted by molar-refractivity contribution is 0.620. The fourth-order valence-electron chi connectivity index (χ4n) is 2.59. The van der Waals surface area contributed by atoms with E-state index in [2.05, 4.69) is 24.0 Å². The highest BCUT2D eigenvalue weighted by Gasteiger charge is 2.22. The summed E-state index contributed by atoms with van der Waals surface area (Å²) in [6.07, 6.45) is 5.38. The fourth-order valence-corrected chi connectivity index (χ4v) is 2.59. The molecule has 15 heavy (non-hydrogen) atoms. The van der Waals surface area contributed by atoms with Crippen LogP contribution < -0.4 is 10.6 Å². The Morgan fingerprint density at radius 1 is 1.27 bits per heavy atom. The van der Waals surface area contributed by atoms with E-state index in [1.165, 1.54) is 31.4 Å². The van der Waals surface area contributed by atoms with Crippen LogP contribution in [0.4, 0.5) is 11.4 Å². The number of hydrogen-bond acceptors (Lipinski definition) is 2. The molecule has 0 spiro atoms. The van der Waals surface area contributed by atoms with Crippen LogP contribution in [0.5, 0.6) is 0 Å². The second-order valence-corrected chi connectivity index (χ2v) is 4.28. The van der Waals surface area contributed by atoms with Gasteiger partial charge < -0.3 is 10.6 Å². The van der Waals surface area contributed by atoms with E-state index < -0.39 is 0 Å². The van der Waals surface area contributed by atoms with Gasteiger partial charge in [0.05, 0.1) is 11.4 Å². The van der Waals surface area contributed by atoms with Crippen LogP contribution in [0.15, 0.2) is 24.3 Å². The van der Waals surface area contributed by atoms with E-state index >= 15 is 0 Å². The van der Waals surface area contributed by atoms with Crippen LogP contribution in [0.3, 0.4) is 0 Å².